The minimum Gasteiger partial charge on any atom is -0.465 e. The van der Waals surface area contributed by atoms with Gasteiger partial charge in [-0.15, -0.1) is 0 Å². The number of nitrogens with one attached hydrogen (secondary N) is 2. The maximum absolute atomic E-state index is 13.6. The van der Waals surface area contributed by atoms with E-state index in [1.807, 2.05) is 67.6 Å². The van der Waals surface area contributed by atoms with Crippen molar-refractivity contribution in [1.29, 1.82) is 0 Å². The van der Waals surface area contributed by atoms with E-state index in [0.717, 1.165) is 64.6 Å². The standard InChI is InChI=1S/C49H57ClN8O6/c1-3-4-5-13-24-57(49(63)64-31-41-39-18-11-9-16-37(39)38-17-10-12-19-40(38)41)26-23-53-46(59)36-21-20-35(32(2)27-36)28-34(29-54-47(60)42-44(51)56-45(52)43(50)55-42)30-58(48(61)62)25-22-33-14-7-6-8-15-33/h6-12,14-21,27,34,41H,3-5,13,22-26,28-31H2,1-2H3,(H,53,59)(H,54,60)(H,61,62)(H4,51,52,56). The fourth-order valence-electron chi connectivity index (χ4n) is 8.11. The van der Waals surface area contributed by atoms with E-state index in [1.54, 1.807) is 17.0 Å². The van der Waals surface area contributed by atoms with Crippen LogP contribution in [0.4, 0.5) is 21.2 Å². The van der Waals surface area contributed by atoms with Crippen LogP contribution in [0.3, 0.4) is 0 Å². The number of anilines is 2. The van der Waals surface area contributed by atoms with Gasteiger partial charge in [0, 0.05) is 50.7 Å². The highest BCUT2D eigenvalue weighted by Crippen LogP contribution is 2.44. The Kier molecular flexibility index (Phi) is 16.5. The summed E-state index contributed by atoms with van der Waals surface area (Å²) in [7, 11) is 0. The Morgan fingerprint density at radius 3 is 2.16 bits per heavy atom. The van der Waals surface area contributed by atoms with Crippen LogP contribution < -0.4 is 22.1 Å². The largest absolute Gasteiger partial charge is 0.465 e. The molecule has 1 heterocycles. The van der Waals surface area contributed by atoms with Crippen LogP contribution in [0.25, 0.3) is 11.1 Å². The summed E-state index contributed by atoms with van der Waals surface area (Å²) in [6, 6.07) is 31.4. The number of nitrogens with two attached hydrogens (primary N) is 2. The van der Waals surface area contributed by atoms with Crippen molar-refractivity contribution in [2.45, 2.75) is 58.3 Å². The van der Waals surface area contributed by atoms with E-state index in [1.165, 1.54) is 4.90 Å². The third-order valence-corrected chi connectivity index (χ3v) is 11.9. The molecule has 0 spiro atoms. The molecular weight excluding hydrogens is 832 g/mol. The molecule has 0 radical (unpaired) electrons. The number of unbranched alkanes of at least 4 members (excludes halogenated alkanes) is 3. The lowest BCUT2D eigenvalue weighted by molar-refractivity contribution is 0.0907. The quantitative estimate of drug-likeness (QED) is 0.0449. The number of aryl methyl sites for hydroxylation is 1. The van der Waals surface area contributed by atoms with Crippen LogP contribution in [0.5, 0.6) is 0 Å². The molecule has 4 aromatic carbocycles. The van der Waals surface area contributed by atoms with E-state index < -0.39 is 24.0 Å². The molecule has 15 heteroatoms. The van der Waals surface area contributed by atoms with Crippen LogP contribution >= 0.6 is 11.6 Å². The zero-order chi connectivity index (χ0) is 45.6. The number of hydrogen-bond donors (Lipinski definition) is 5. The molecule has 1 aromatic heterocycles. The number of carbonyl (C=O) groups excluding carboxylic acids is 3. The highest BCUT2D eigenvalue weighted by Gasteiger charge is 2.30. The monoisotopic (exact) mass is 888 g/mol. The molecule has 14 nitrogen and oxygen atoms in total. The lowest BCUT2D eigenvalue weighted by Crippen LogP contribution is -2.41. The van der Waals surface area contributed by atoms with Gasteiger partial charge in [0.2, 0.25) is 0 Å². The van der Waals surface area contributed by atoms with Gasteiger partial charge in [-0.1, -0.05) is 123 Å². The van der Waals surface area contributed by atoms with E-state index in [4.69, 9.17) is 27.8 Å². The molecule has 5 aromatic rings. The van der Waals surface area contributed by atoms with Gasteiger partial charge in [0.05, 0.1) is 0 Å². The molecule has 0 fully saturated rings. The number of hydrogen-bond acceptors (Lipinski definition) is 9. The smallest absolute Gasteiger partial charge is 0.409 e. The van der Waals surface area contributed by atoms with Gasteiger partial charge in [0.1, 0.15) is 6.61 Å². The van der Waals surface area contributed by atoms with Gasteiger partial charge in [0.15, 0.2) is 22.5 Å². The van der Waals surface area contributed by atoms with Crippen LogP contribution in [0.2, 0.25) is 5.15 Å². The van der Waals surface area contributed by atoms with Crippen LogP contribution in [-0.4, -0.2) is 94.8 Å². The minimum absolute atomic E-state index is 0.0580. The molecule has 4 amide bonds. The maximum Gasteiger partial charge on any atom is 0.409 e. The summed E-state index contributed by atoms with van der Waals surface area (Å²) >= 11 is 6.03. The Balaban J connectivity index is 1.09. The van der Waals surface area contributed by atoms with Gasteiger partial charge in [0.25, 0.3) is 11.8 Å². The molecule has 1 atom stereocenters. The number of nitrogens with zero attached hydrogens (tertiary/aromatic N) is 4. The first-order chi connectivity index (χ1) is 30.9. The molecule has 0 aliphatic heterocycles. The van der Waals surface area contributed by atoms with Crippen molar-refractivity contribution in [2.24, 2.45) is 5.92 Å². The molecule has 1 aliphatic rings. The average molecular weight is 889 g/mol. The summed E-state index contributed by atoms with van der Waals surface area (Å²) in [5.74, 6) is -1.68. The van der Waals surface area contributed by atoms with Crippen molar-refractivity contribution in [3.63, 3.8) is 0 Å². The van der Waals surface area contributed by atoms with Gasteiger partial charge in [-0.25, -0.2) is 19.6 Å². The number of halogens is 1. The normalized spacial score (nSPS) is 12.2. The van der Waals surface area contributed by atoms with Crippen molar-refractivity contribution >= 4 is 47.2 Å². The zero-order valence-corrected chi connectivity index (χ0v) is 37.2. The predicted octanol–water partition coefficient (Wildman–Crippen LogP) is 7.98. The Morgan fingerprint density at radius 2 is 1.48 bits per heavy atom. The number of benzene rings is 4. The van der Waals surface area contributed by atoms with E-state index in [2.05, 4.69) is 51.8 Å². The Bertz CT molecular complexity index is 2370. The summed E-state index contributed by atoms with van der Waals surface area (Å²) < 4.78 is 5.99. The number of nitrogen functional groups attached to an aromatic ring is 2. The number of amides is 4. The first-order valence-electron chi connectivity index (χ1n) is 21.8. The zero-order valence-electron chi connectivity index (χ0n) is 36.4. The van der Waals surface area contributed by atoms with Crippen molar-refractivity contribution < 1.29 is 29.0 Å². The summed E-state index contributed by atoms with van der Waals surface area (Å²) in [5, 5.41) is 15.8. The molecule has 64 heavy (non-hydrogen) atoms. The molecule has 0 bridgehead atoms. The fourth-order valence-corrected chi connectivity index (χ4v) is 8.24. The van der Waals surface area contributed by atoms with Crippen LogP contribution in [0.1, 0.15) is 87.2 Å². The summed E-state index contributed by atoms with van der Waals surface area (Å²) in [6.07, 6.45) is 3.33. The lowest BCUT2D eigenvalue weighted by atomic mass is 9.93. The molecular formula is C49H57ClN8O6. The van der Waals surface area contributed by atoms with Crippen LogP contribution in [0.15, 0.2) is 97.1 Å². The van der Waals surface area contributed by atoms with Gasteiger partial charge in [-0.05, 0) is 83.2 Å². The number of aromatic nitrogens is 2. The van der Waals surface area contributed by atoms with Crippen LogP contribution in [0, 0.1) is 12.8 Å². The molecule has 0 saturated heterocycles. The third kappa shape index (κ3) is 12.3. The van der Waals surface area contributed by atoms with Crippen molar-refractivity contribution in [3.8, 4) is 11.1 Å². The summed E-state index contributed by atoms with van der Waals surface area (Å²) in [4.78, 5) is 63.7. The van der Waals surface area contributed by atoms with Gasteiger partial charge in [-0.3, -0.25) is 9.59 Å². The number of carbonyl (C=O) groups is 4. The Labute approximate surface area is 379 Å². The average Bonchev–Trinajstić information content (AvgIpc) is 3.61. The Hall–Kier alpha value is -6.67. The number of carboxylic acid groups (broad SMARTS) is 1. The SMILES string of the molecule is CCCCCCN(CCNC(=O)c1ccc(CC(CNC(=O)c2nc(Cl)c(N)nc2N)CN(CCc2ccccc2)C(=O)O)c(C)c1)C(=O)OCC1c2ccccc2-c2ccccc21. The molecule has 0 saturated carbocycles. The predicted molar refractivity (Wildman–Crippen MR) is 249 cm³/mol. The number of ether oxygens (including phenoxy) is 1. The second-order valence-corrected chi connectivity index (χ2v) is 16.5. The van der Waals surface area contributed by atoms with Crippen molar-refractivity contribution in [2.75, 3.05) is 57.3 Å². The molecule has 6 rings (SSSR count). The molecule has 1 unspecified atom stereocenters. The van der Waals surface area contributed by atoms with E-state index >= 15 is 0 Å². The third-order valence-electron chi connectivity index (χ3n) is 11.6. The first-order valence-corrected chi connectivity index (χ1v) is 22.2. The molecule has 336 valence electrons. The summed E-state index contributed by atoms with van der Waals surface area (Å²) in [5.41, 5.74) is 19.1. The highest BCUT2D eigenvalue weighted by atomic mass is 35.5. The summed E-state index contributed by atoms with van der Waals surface area (Å²) in [6.45, 7) is 5.67. The number of fused-ring (bicyclic) bond motifs is 3. The molecule has 1 aliphatic carbocycles. The van der Waals surface area contributed by atoms with Gasteiger partial charge in [-0.2, -0.15) is 0 Å². The second kappa shape index (κ2) is 22.6. The van der Waals surface area contributed by atoms with Crippen molar-refractivity contribution in [1.82, 2.24) is 30.4 Å². The van der Waals surface area contributed by atoms with E-state index in [-0.39, 0.29) is 73.6 Å². The van der Waals surface area contributed by atoms with Gasteiger partial charge < -0.3 is 41.7 Å². The van der Waals surface area contributed by atoms with E-state index in [9.17, 15) is 24.3 Å². The molecule has 7 N–H and O–H groups in total. The maximum atomic E-state index is 13.6. The lowest BCUT2D eigenvalue weighted by Gasteiger charge is -2.26. The first kappa shape index (κ1) is 46.8. The minimum atomic E-state index is -1.09. The highest BCUT2D eigenvalue weighted by molar-refractivity contribution is 6.31. The van der Waals surface area contributed by atoms with E-state index in [0.29, 0.717) is 24.9 Å². The second-order valence-electron chi connectivity index (χ2n) is 16.1. The van der Waals surface area contributed by atoms with Crippen molar-refractivity contribution in [3.05, 3.63) is 141 Å². The van der Waals surface area contributed by atoms with Crippen LogP contribution in [-0.2, 0) is 17.6 Å². The fraction of sp³-hybridized carbons (Fsp3) is 0.347. The topological polar surface area (TPSA) is 206 Å². The Morgan fingerprint density at radius 1 is 0.797 bits per heavy atom. The number of rotatable bonds is 21. The van der Waals surface area contributed by atoms with Gasteiger partial charge >= 0.3 is 12.2 Å².